The van der Waals surface area contributed by atoms with Gasteiger partial charge in [0.15, 0.2) is 5.75 Å². The van der Waals surface area contributed by atoms with Crippen molar-refractivity contribution in [3.63, 3.8) is 0 Å². The third kappa shape index (κ3) is 4.43. The van der Waals surface area contributed by atoms with Crippen LogP contribution in [0.4, 0.5) is 10.5 Å². The number of aryl methyl sites for hydroxylation is 1. The number of nitrogens with one attached hydrogen (secondary N) is 2. The van der Waals surface area contributed by atoms with E-state index in [1.165, 1.54) is 0 Å². The standard InChI is InChI=1S/C26H25N3O4/c1-3-26(19-11-5-4-6-12-19)24(31)29(25(32)28-26)17-23(30)27-21-14-7-8-15-22(21)33-20-13-9-10-18(2)16-20/h4-16H,3,17H2,1-2H3,(H,27,30)(H,28,32). The first-order valence-electron chi connectivity index (χ1n) is 10.8. The van der Waals surface area contributed by atoms with Crippen LogP contribution in [0.1, 0.15) is 24.5 Å². The number of ether oxygens (including phenoxy) is 1. The first kappa shape index (κ1) is 22.1. The summed E-state index contributed by atoms with van der Waals surface area (Å²) in [5.74, 6) is 0.154. The molecule has 168 valence electrons. The van der Waals surface area contributed by atoms with Gasteiger partial charge < -0.3 is 15.4 Å². The van der Waals surface area contributed by atoms with Gasteiger partial charge in [0.05, 0.1) is 5.69 Å². The van der Waals surface area contributed by atoms with Crippen molar-refractivity contribution in [1.29, 1.82) is 0 Å². The van der Waals surface area contributed by atoms with E-state index >= 15 is 0 Å². The Kier molecular flexibility index (Phi) is 6.13. The topological polar surface area (TPSA) is 87.7 Å². The number of carbonyl (C=O) groups is 3. The smallest absolute Gasteiger partial charge is 0.325 e. The van der Waals surface area contributed by atoms with Crippen molar-refractivity contribution in [2.75, 3.05) is 11.9 Å². The Hall–Kier alpha value is -4.13. The summed E-state index contributed by atoms with van der Waals surface area (Å²) in [6.07, 6.45) is 0.368. The second-order valence-electron chi connectivity index (χ2n) is 7.91. The Balaban J connectivity index is 1.50. The largest absolute Gasteiger partial charge is 0.455 e. The minimum atomic E-state index is -1.18. The fraction of sp³-hybridized carbons (Fsp3) is 0.192. The van der Waals surface area contributed by atoms with E-state index < -0.39 is 29.9 Å². The van der Waals surface area contributed by atoms with E-state index in [1.807, 2.05) is 56.3 Å². The predicted octanol–water partition coefficient (Wildman–Crippen LogP) is 4.58. The van der Waals surface area contributed by atoms with Gasteiger partial charge in [-0.1, -0.05) is 61.5 Å². The Morgan fingerprint density at radius 1 is 1.00 bits per heavy atom. The normalized spacial score (nSPS) is 17.6. The zero-order valence-corrected chi connectivity index (χ0v) is 18.5. The molecule has 0 aliphatic carbocycles. The zero-order chi connectivity index (χ0) is 23.4. The summed E-state index contributed by atoms with van der Waals surface area (Å²) in [5.41, 5.74) is 1.00. The summed E-state index contributed by atoms with van der Waals surface area (Å²) in [6.45, 7) is 3.39. The molecule has 0 bridgehead atoms. The first-order chi connectivity index (χ1) is 15.9. The monoisotopic (exact) mass is 443 g/mol. The molecule has 4 amide bonds. The molecule has 7 heteroatoms. The molecule has 3 aromatic rings. The summed E-state index contributed by atoms with van der Waals surface area (Å²) >= 11 is 0. The molecule has 0 spiro atoms. The molecular weight excluding hydrogens is 418 g/mol. The number of nitrogens with zero attached hydrogens (tertiary/aromatic N) is 1. The van der Waals surface area contributed by atoms with E-state index in [2.05, 4.69) is 10.6 Å². The van der Waals surface area contributed by atoms with Gasteiger partial charge in [-0.05, 0) is 48.7 Å². The lowest BCUT2D eigenvalue weighted by Gasteiger charge is -2.25. The first-order valence-corrected chi connectivity index (χ1v) is 10.8. The van der Waals surface area contributed by atoms with Gasteiger partial charge in [0.2, 0.25) is 5.91 Å². The lowest BCUT2D eigenvalue weighted by Crippen LogP contribution is -2.44. The number of anilines is 1. The quantitative estimate of drug-likeness (QED) is 0.523. The van der Waals surface area contributed by atoms with Crippen LogP contribution >= 0.6 is 0 Å². The maximum absolute atomic E-state index is 13.2. The molecule has 1 unspecified atom stereocenters. The van der Waals surface area contributed by atoms with Crippen molar-refractivity contribution in [1.82, 2.24) is 10.2 Å². The molecule has 1 saturated heterocycles. The van der Waals surface area contributed by atoms with E-state index in [0.29, 0.717) is 29.2 Å². The number of benzene rings is 3. The minimum absolute atomic E-state index is 0.368. The van der Waals surface area contributed by atoms with Crippen molar-refractivity contribution in [3.05, 3.63) is 90.0 Å². The van der Waals surface area contributed by atoms with E-state index in [-0.39, 0.29) is 0 Å². The molecule has 1 heterocycles. The molecule has 1 aliphatic rings. The number of hydrogen-bond donors (Lipinski definition) is 2. The Labute approximate surface area is 192 Å². The number of urea groups is 1. The number of carbonyl (C=O) groups excluding carboxylic acids is 3. The van der Waals surface area contributed by atoms with Gasteiger partial charge in [0.1, 0.15) is 17.8 Å². The average molecular weight is 444 g/mol. The van der Waals surface area contributed by atoms with Crippen molar-refractivity contribution in [2.24, 2.45) is 0 Å². The van der Waals surface area contributed by atoms with E-state index in [1.54, 1.807) is 36.4 Å². The van der Waals surface area contributed by atoms with Crippen molar-refractivity contribution in [3.8, 4) is 11.5 Å². The van der Waals surface area contributed by atoms with E-state index in [4.69, 9.17) is 4.74 Å². The Morgan fingerprint density at radius 3 is 2.45 bits per heavy atom. The number of rotatable bonds is 7. The molecule has 4 rings (SSSR count). The van der Waals surface area contributed by atoms with Crippen LogP contribution in [-0.2, 0) is 15.1 Å². The Bertz CT molecular complexity index is 1190. The molecule has 0 radical (unpaired) electrons. The maximum atomic E-state index is 13.2. The van der Waals surface area contributed by atoms with Crippen LogP contribution in [0.3, 0.4) is 0 Å². The van der Waals surface area contributed by atoms with Crippen LogP contribution in [0, 0.1) is 6.92 Å². The number of para-hydroxylation sites is 2. The van der Waals surface area contributed by atoms with Crippen LogP contribution in [-0.4, -0.2) is 29.3 Å². The van der Waals surface area contributed by atoms with Crippen LogP contribution in [0.2, 0.25) is 0 Å². The van der Waals surface area contributed by atoms with E-state index in [9.17, 15) is 14.4 Å². The van der Waals surface area contributed by atoms with Gasteiger partial charge in [-0.3, -0.25) is 14.5 Å². The van der Waals surface area contributed by atoms with Gasteiger partial charge in [-0.2, -0.15) is 0 Å². The van der Waals surface area contributed by atoms with Crippen LogP contribution in [0.5, 0.6) is 11.5 Å². The van der Waals surface area contributed by atoms with Gasteiger partial charge in [0, 0.05) is 0 Å². The molecule has 2 N–H and O–H groups in total. The van der Waals surface area contributed by atoms with Gasteiger partial charge in [0.25, 0.3) is 5.91 Å². The van der Waals surface area contributed by atoms with Crippen molar-refractivity contribution < 1.29 is 19.1 Å². The molecule has 3 aromatic carbocycles. The average Bonchev–Trinajstić information content (AvgIpc) is 3.06. The lowest BCUT2D eigenvalue weighted by atomic mass is 9.87. The SMILES string of the molecule is CCC1(c2ccccc2)NC(=O)N(CC(=O)Nc2ccccc2Oc2cccc(C)c2)C1=O. The molecule has 33 heavy (non-hydrogen) atoms. The predicted molar refractivity (Wildman–Crippen MR) is 125 cm³/mol. The lowest BCUT2D eigenvalue weighted by molar-refractivity contribution is -0.134. The highest BCUT2D eigenvalue weighted by Gasteiger charge is 2.51. The highest BCUT2D eigenvalue weighted by Crippen LogP contribution is 2.33. The second-order valence-corrected chi connectivity index (χ2v) is 7.91. The molecule has 1 aliphatic heterocycles. The number of amides is 4. The fourth-order valence-electron chi connectivity index (χ4n) is 3.93. The number of imide groups is 1. The minimum Gasteiger partial charge on any atom is -0.455 e. The van der Waals surface area contributed by atoms with Crippen molar-refractivity contribution in [2.45, 2.75) is 25.8 Å². The molecular formula is C26H25N3O4. The van der Waals surface area contributed by atoms with Gasteiger partial charge in [-0.25, -0.2) is 4.79 Å². The third-order valence-electron chi connectivity index (χ3n) is 5.65. The summed E-state index contributed by atoms with van der Waals surface area (Å²) < 4.78 is 5.94. The Morgan fingerprint density at radius 2 is 1.73 bits per heavy atom. The van der Waals surface area contributed by atoms with Crippen LogP contribution in [0.15, 0.2) is 78.9 Å². The molecule has 1 atom stereocenters. The number of hydrogen-bond acceptors (Lipinski definition) is 4. The second kappa shape index (κ2) is 9.16. The highest BCUT2D eigenvalue weighted by atomic mass is 16.5. The zero-order valence-electron chi connectivity index (χ0n) is 18.5. The van der Waals surface area contributed by atoms with Gasteiger partial charge >= 0.3 is 6.03 Å². The maximum Gasteiger partial charge on any atom is 0.325 e. The summed E-state index contributed by atoms with van der Waals surface area (Å²) in [7, 11) is 0. The summed E-state index contributed by atoms with van der Waals surface area (Å²) in [5, 5.41) is 5.55. The fourth-order valence-corrected chi connectivity index (χ4v) is 3.93. The molecule has 7 nitrogen and oxygen atoms in total. The molecule has 0 aromatic heterocycles. The van der Waals surface area contributed by atoms with Crippen LogP contribution in [0.25, 0.3) is 0 Å². The summed E-state index contributed by atoms with van der Waals surface area (Å²) in [4.78, 5) is 39.7. The summed E-state index contributed by atoms with van der Waals surface area (Å²) in [6, 6.07) is 23.0. The van der Waals surface area contributed by atoms with Gasteiger partial charge in [-0.15, -0.1) is 0 Å². The van der Waals surface area contributed by atoms with Crippen molar-refractivity contribution >= 4 is 23.5 Å². The third-order valence-corrected chi connectivity index (χ3v) is 5.65. The molecule has 1 fully saturated rings. The van der Waals surface area contributed by atoms with E-state index in [0.717, 1.165) is 10.5 Å². The highest BCUT2D eigenvalue weighted by molar-refractivity contribution is 6.10. The van der Waals surface area contributed by atoms with Crippen LogP contribution < -0.4 is 15.4 Å². The molecule has 0 saturated carbocycles.